The summed E-state index contributed by atoms with van der Waals surface area (Å²) in [6, 6.07) is 0. The van der Waals surface area contributed by atoms with Crippen LogP contribution in [0.5, 0.6) is 0 Å². The van der Waals surface area contributed by atoms with E-state index in [-0.39, 0.29) is 0 Å². The molecule has 0 saturated heterocycles. The molecular formula is C4H11NO2S. The first kappa shape index (κ1) is 7.91. The fourth-order valence-electron chi connectivity index (χ4n) is 0.0913. The average molecular weight is 137 g/mol. The lowest BCUT2D eigenvalue weighted by Crippen LogP contribution is -2.37. The molecule has 3 nitrogen and oxygen atoms in total. The van der Waals surface area contributed by atoms with Gasteiger partial charge in [-0.1, -0.05) is 0 Å². The fourth-order valence-corrected chi connectivity index (χ4v) is 0.274. The molecule has 0 heterocycles. The van der Waals surface area contributed by atoms with Crippen LogP contribution in [0.1, 0.15) is 13.8 Å². The van der Waals surface area contributed by atoms with Gasteiger partial charge < -0.3 is 5.32 Å². The zero-order valence-electron chi connectivity index (χ0n) is 5.26. The second kappa shape index (κ2) is 2.46. The van der Waals surface area contributed by atoms with Gasteiger partial charge in [-0.15, -0.1) is 0 Å². The molecule has 0 radical (unpaired) electrons. The van der Waals surface area contributed by atoms with Crippen molar-refractivity contribution in [3.63, 3.8) is 0 Å². The summed E-state index contributed by atoms with van der Waals surface area (Å²) in [7, 11) is -0.739. The lowest BCUT2D eigenvalue weighted by atomic mass is 10.4. The predicted molar refractivity (Wildman–Crippen MR) is 33.5 cm³/mol. The van der Waals surface area contributed by atoms with E-state index in [1.54, 1.807) is 20.9 Å². The average Bonchev–Trinajstić information content (AvgIpc) is 1.67. The molecule has 0 aliphatic heterocycles. The van der Waals surface area contributed by atoms with E-state index in [9.17, 15) is 8.42 Å². The lowest BCUT2D eigenvalue weighted by molar-refractivity contribution is 0.529. The summed E-state index contributed by atoms with van der Waals surface area (Å²) in [5, 5.41) is 2.64. The van der Waals surface area contributed by atoms with Crippen LogP contribution in [0.2, 0.25) is 0 Å². The van der Waals surface area contributed by atoms with Crippen LogP contribution in [0, 0.1) is 0 Å². The minimum atomic E-state index is -2.35. The molecule has 0 spiro atoms. The Morgan fingerprint density at radius 3 is 1.75 bits per heavy atom. The Balaban J connectivity index is 4.13. The van der Waals surface area contributed by atoms with Gasteiger partial charge in [-0.05, 0) is 20.9 Å². The van der Waals surface area contributed by atoms with Gasteiger partial charge in [0, 0.05) is 0 Å². The smallest absolute Gasteiger partial charge is 0.158 e. The van der Waals surface area contributed by atoms with Crippen LogP contribution >= 0.6 is 0 Å². The molecule has 0 aromatic rings. The number of nitrogens with one attached hydrogen (secondary N) is 1. The zero-order chi connectivity index (χ0) is 6.78. The molecule has 0 fully saturated rings. The van der Waals surface area contributed by atoms with Crippen LogP contribution in [0.25, 0.3) is 0 Å². The molecule has 0 aliphatic rings. The van der Waals surface area contributed by atoms with Crippen molar-refractivity contribution in [2.75, 3.05) is 7.05 Å². The Morgan fingerprint density at radius 1 is 1.38 bits per heavy atom. The molecule has 4 heteroatoms. The summed E-state index contributed by atoms with van der Waals surface area (Å²) < 4.78 is 20.5. The van der Waals surface area contributed by atoms with E-state index in [2.05, 4.69) is 5.32 Å². The Kier molecular flexibility index (Phi) is 2.43. The Hall–Kier alpha value is -0.0900. The third-order valence-corrected chi connectivity index (χ3v) is 2.20. The first-order valence-corrected chi connectivity index (χ1v) is 3.52. The SMILES string of the molecule is CNC(C)(C)[SH](=O)=O. The summed E-state index contributed by atoms with van der Waals surface area (Å²) >= 11 is 0. The largest absolute Gasteiger partial charge is 0.302 e. The summed E-state index contributed by atoms with van der Waals surface area (Å²) in [5.74, 6) is 0. The number of hydrogen-bond acceptors (Lipinski definition) is 3. The molecule has 0 amide bonds. The maximum atomic E-state index is 10.2. The molecule has 0 aromatic carbocycles. The molecule has 0 bridgehead atoms. The van der Waals surface area contributed by atoms with Crippen LogP contribution in [0.4, 0.5) is 0 Å². The molecule has 0 unspecified atom stereocenters. The van der Waals surface area contributed by atoms with E-state index in [0.29, 0.717) is 0 Å². The van der Waals surface area contributed by atoms with Crippen molar-refractivity contribution in [3.05, 3.63) is 0 Å². The van der Waals surface area contributed by atoms with Gasteiger partial charge >= 0.3 is 0 Å². The Labute approximate surface area is 51.0 Å². The van der Waals surface area contributed by atoms with Crippen LogP contribution < -0.4 is 5.32 Å². The zero-order valence-corrected chi connectivity index (χ0v) is 6.16. The van der Waals surface area contributed by atoms with Crippen molar-refractivity contribution < 1.29 is 8.42 Å². The Bertz CT molecular complexity index is 131. The van der Waals surface area contributed by atoms with E-state index >= 15 is 0 Å². The van der Waals surface area contributed by atoms with E-state index in [0.717, 1.165) is 0 Å². The summed E-state index contributed by atoms with van der Waals surface area (Å²) in [6.07, 6.45) is 0. The quantitative estimate of drug-likeness (QED) is 0.507. The maximum absolute atomic E-state index is 10.2. The van der Waals surface area contributed by atoms with Gasteiger partial charge in [0.1, 0.15) is 4.87 Å². The minimum absolute atomic E-state index is 0.755. The predicted octanol–water partition coefficient (Wildman–Crippen LogP) is -0.447. The van der Waals surface area contributed by atoms with Crippen molar-refractivity contribution in [1.82, 2.24) is 5.32 Å². The van der Waals surface area contributed by atoms with E-state index in [1.165, 1.54) is 0 Å². The van der Waals surface area contributed by atoms with Crippen LogP contribution in [-0.4, -0.2) is 20.3 Å². The summed E-state index contributed by atoms with van der Waals surface area (Å²) in [4.78, 5) is -0.755. The second-order valence-corrected chi connectivity index (χ2v) is 3.70. The van der Waals surface area contributed by atoms with E-state index in [1.807, 2.05) is 0 Å². The fraction of sp³-hybridized carbons (Fsp3) is 1.00. The van der Waals surface area contributed by atoms with E-state index in [4.69, 9.17) is 0 Å². The van der Waals surface area contributed by atoms with Gasteiger partial charge in [-0.3, -0.25) is 0 Å². The van der Waals surface area contributed by atoms with Gasteiger partial charge in [0.15, 0.2) is 10.7 Å². The van der Waals surface area contributed by atoms with Crippen molar-refractivity contribution in [1.29, 1.82) is 0 Å². The van der Waals surface area contributed by atoms with Gasteiger partial charge in [0.25, 0.3) is 0 Å². The highest BCUT2D eigenvalue weighted by Gasteiger charge is 2.16. The Morgan fingerprint density at radius 2 is 1.75 bits per heavy atom. The standard InChI is InChI=1S/C4H11NO2S/c1-4(2,5-3)8(6)7/h5,8H,1-3H3. The van der Waals surface area contributed by atoms with Gasteiger partial charge in [-0.2, -0.15) is 0 Å². The third kappa shape index (κ3) is 1.79. The number of hydrogen-bond donors (Lipinski definition) is 2. The third-order valence-electron chi connectivity index (χ3n) is 1.07. The van der Waals surface area contributed by atoms with E-state index < -0.39 is 15.6 Å². The lowest BCUT2D eigenvalue weighted by Gasteiger charge is -2.14. The van der Waals surface area contributed by atoms with Gasteiger partial charge in [0.05, 0.1) is 0 Å². The highest BCUT2D eigenvalue weighted by atomic mass is 32.2. The van der Waals surface area contributed by atoms with Crippen molar-refractivity contribution in [3.8, 4) is 0 Å². The summed E-state index contributed by atoms with van der Waals surface area (Å²) in [5.41, 5.74) is 0. The minimum Gasteiger partial charge on any atom is -0.302 e. The molecule has 0 atom stereocenters. The molecule has 8 heavy (non-hydrogen) atoms. The maximum Gasteiger partial charge on any atom is 0.158 e. The van der Waals surface area contributed by atoms with Crippen molar-refractivity contribution >= 4 is 10.7 Å². The molecule has 1 N–H and O–H groups in total. The molecule has 0 saturated carbocycles. The highest BCUT2D eigenvalue weighted by Crippen LogP contribution is 1.98. The van der Waals surface area contributed by atoms with Crippen LogP contribution in [0.15, 0.2) is 0 Å². The monoisotopic (exact) mass is 137 g/mol. The topological polar surface area (TPSA) is 46.2 Å². The number of rotatable bonds is 2. The first-order chi connectivity index (χ1) is 3.50. The second-order valence-electron chi connectivity index (χ2n) is 2.07. The van der Waals surface area contributed by atoms with Gasteiger partial charge in [0.2, 0.25) is 0 Å². The molecule has 0 rings (SSSR count). The van der Waals surface area contributed by atoms with Gasteiger partial charge in [-0.25, -0.2) is 8.42 Å². The normalized spacial score (nSPS) is 12.5. The number of thiol groups is 1. The summed E-state index contributed by atoms with van der Waals surface area (Å²) in [6.45, 7) is 3.22. The first-order valence-electron chi connectivity index (χ1n) is 2.34. The van der Waals surface area contributed by atoms with Crippen molar-refractivity contribution in [2.45, 2.75) is 18.7 Å². The van der Waals surface area contributed by atoms with Crippen LogP contribution in [-0.2, 0) is 10.7 Å². The molecule has 0 aromatic heterocycles. The van der Waals surface area contributed by atoms with Crippen LogP contribution in [0.3, 0.4) is 0 Å². The molecule has 50 valence electrons. The van der Waals surface area contributed by atoms with Crippen molar-refractivity contribution in [2.24, 2.45) is 0 Å². The molecular weight excluding hydrogens is 126 g/mol. The molecule has 0 aliphatic carbocycles. The highest BCUT2D eigenvalue weighted by molar-refractivity contribution is 7.73.